The Bertz CT molecular complexity index is 378. The summed E-state index contributed by atoms with van der Waals surface area (Å²) in [6.45, 7) is 0.369. The van der Waals surface area contributed by atoms with E-state index in [0.29, 0.717) is 18.0 Å². The van der Waals surface area contributed by atoms with Crippen LogP contribution >= 0.6 is 11.6 Å². The molecule has 2 amide bonds. The Balaban J connectivity index is 2.33. The van der Waals surface area contributed by atoms with Gasteiger partial charge in [0.05, 0.1) is 0 Å². The quantitative estimate of drug-likeness (QED) is 0.301. The van der Waals surface area contributed by atoms with E-state index >= 15 is 0 Å². The molecule has 0 saturated carbocycles. The summed E-state index contributed by atoms with van der Waals surface area (Å²) in [4.78, 5) is 21.7. The van der Waals surface area contributed by atoms with Gasteiger partial charge in [0.25, 0.3) is 0 Å². The minimum Gasteiger partial charge on any atom is -0.347 e. The van der Waals surface area contributed by atoms with Gasteiger partial charge in [-0.05, 0) is 24.1 Å². The highest BCUT2D eigenvalue weighted by Gasteiger charge is 2.09. The van der Waals surface area contributed by atoms with Crippen LogP contribution < -0.4 is 16.6 Å². The fourth-order valence-electron chi connectivity index (χ4n) is 1.12. The number of benzene rings is 1. The van der Waals surface area contributed by atoms with Crippen LogP contribution in [0.5, 0.6) is 0 Å². The number of halogens is 1. The number of hydrogen-bond donors (Lipinski definition) is 3. The molecule has 0 heterocycles. The van der Waals surface area contributed by atoms with Crippen LogP contribution in [0.3, 0.4) is 0 Å². The molecule has 0 saturated heterocycles. The highest BCUT2D eigenvalue weighted by atomic mass is 35.5. The zero-order chi connectivity index (χ0) is 12.0. The predicted molar refractivity (Wildman–Crippen MR) is 60.5 cm³/mol. The molecule has 0 bridgehead atoms. The maximum absolute atomic E-state index is 11.0. The second-order valence-electron chi connectivity index (χ2n) is 3.11. The first-order chi connectivity index (χ1) is 7.63. The maximum Gasteiger partial charge on any atom is 0.323 e. The van der Waals surface area contributed by atoms with E-state index in [2.05, 4.69) is 5.32 Å². The molecule has 1 rings (SSSR count). The average molecular weight is 242 g/mol. The molecule has 1 aromatic carbocycles. The second kappa shape index (κ2) is 6.09. The topological polar surface area (TPSA) is 84.2 Å². The van der Waals surface area contributed by atoms with Gasteiger partial charge in [-0.2, -0.15) is 0 Å². The standard InChI is InChI=1S/C10H12ClN3O2/c11-8-3-1-7(2-4-8)5-6-13-9(15)10(16)14-12/h1-4H,5-6,12H2,(H,13,15)(H,14,16). The van der Waals surface area contributed by atoms with Crippen LogP contribution in [-0.4, -0.2) is 18.4 Å². The fraction of sp³-hybridized carbons (Fsp3) is 0.200. The van der Waals surface area contributed by atoms with Crippen molar-refractivity contribution < 1.29 is 9.59 Å². The third-order valence-corrected chi connectivity index (χ3v) is 2.20. The number of nitrogens with one attached hydrogen (secondary N) is 2. The summed E-state index contributed by atoms with van der Waals surface area (Å²) < 4.78 is 0. The Hall–Kier alpha value is -1.59. The van der Waals surface area contributed by atoms with Crippen molar-refractivity contribution in [2.45, 2.75) is 6.42 Å². The van der Waals surface area contributed by atoms with Crippen molar-refractivity contribution in [3.05, 3.63) is 34.9 Å². The van der Waals surface area contributed by atoms with E-state index in [0.717, 1.165) is 5.56 Å². The number of hydrogen-bond acceptors (Lipinski definition) is 3. The number of hydrazine groups is 1. The summed E-state index contributed by atoms with van der Waals surface area (Å²) in [5, 5.41) is 3.09. The summed E-state index contributed by atoms with van der Waals surface area (Å²) >= 11 is 5.72. The van der Waals surface area contributed by atoms with Crippen LogP contribution in [0.15, 0.2) is 24.3 Å². The van der Waals surface area contributed by atoms with Gasteiger partial charge in [0.15, 0.2) is 0 Å². The Morgan fingerprint density at radius 3 is 2.38 bits per heavy atom. The Labute approximate surface area is 97.9 Å². The first kappa shape index (κ1) is 12.5. The molecule has 6 heteroatoms. The van der Waals surface area contributed by atoms with Crippen LogP contribution in [0.1, 0.15) is 5.56 Å². The lowest BCUT2D eigenvalue weighted by molar-refractivity contribution is -0.139. The zero-order valence-corrected chi connectivity index (χ0v) is 9.25. The van der Waals surface area contributed by atoms with Crippen molar-refractivity contribution in [2.24, 2.45) is 5.84 Å². The SMILES string of the molecule is NNC(=O)C(=O)NCCc1ccc(Cl)cc1. The molecule has 0 atom stereocenters. The lowest BCUT2D eigenvalue weighted by Gasteiger charge is -2.04. The molecule has 0 aliphatic carbocycles. The van der Waals surface area contributed by atoms with Gasteiger partial charge in [-0.15, -0.1) is 0 Å². The van der Waals surface area contributed by atoms with E-state index < -0.39 is 11.8 Å². The molecular formula is C10H12ClN3O2. The number of carbonyl (C=O) groups excluding carboxylic acids is 2. The van der Waals surface area contributed by atoms with Crippen molar-refractivity contribution >= 4 is 23.4 Å². The molecule has 1 aromatic rings. The van der Waals surface area contributed by atoms with Crippen LogP contribution in [0, 0.1) is 0 Å². The van der Waals surface area contributed by atoms with Gasteiger partial charge in [-0.1, -0.05) is 23.7 Å². The Morgan fingerprint density at radius 2 is 1.81 bits per heavy atom. The van der Waals surface area contributed by atoms with Crippen molar-refractivity contribution in [3.63, 3.8) is 0 Å². The number of rotatable bonds is 3. The van der Waals surface area contributed by atoms with Crippen LogP contribution in [0.4, 0.5) is 0 Å². The summed E-state index contributed by atoms with van der Waals surface area (Å²) in [5.41, 5.74) is 2.78. The smallest absolute Gasteiger partial charge is 0.323 e. The predicted octanol–water partition coefficient (Wildman–Crippen LogP) is -0.0114. The molecule has 0 spiro atoms. The normalized spacial score (nSPS) is 9.62. The van der Waals surface area contributed by atoms with E-state index in [1.165, 1.54) is 0 Å². The van der Waals surface area contributed by atoms with Gasteiger partial charge in [-0.3, -0.25) is 15.0 Å². The molecule has 0 radical (unpaired) electrons. The first-order valence-corrected chi connectivity index (χ1v) is 5.04. The van der Waals surface area contributed by atoms with Crippen LogP contribution in [-0.2, 0) is 16.0 Å². The van der Waals surface area contributed by atoms with Gasteiger partial charge in [0.2, 0.25) is 0 Å². The summed E-state index contributed by atoms with van der Waals surface area (Å²) in [6.07, 6.45) is 0.626. The molecule has 5 nitrogen and oxygen atoms in total. The van der Waals surface area contributed by atoms with E-state index in [1.54, 1.807) is 17.6 Å². The maximum atomic E-state index is 11.0. The molecule has 0 aliphatic heterocycles. The Morgan fingerprint density at radius 1 is 1.19 bits per heavy atom. The van der Waals surface area contributed by atoms with Crippen LogP contribution in [0.2, 0.25) is 5.02 Å². The monoisotopic (exact) mass is 241 g/mol. The minimum atomic E-state index is -0.851. The molecule has 0 fully saturated rings. The molecule has 0 aliphatic rings. The lowest BCUT2D eigenvalue weighted by Crippen LogP contribution is -2.43. The molecular weight excluding hydrogens is 230 g/mol. The molecule has 16 heavy (non-hydrogen) atoms. The first-order valence-electron chi connectivity index (χ1n) is 4.66. The fourth-order valence-corrected chi connectivity index (χ4v) is 1.24. The Kier molecular flexibility index (Phi) is 4.75. The van der Waals surface area contributed by atoms with Crippen molar-refractivity contribution in [1.82, 2.24) is 10.7 Å². The average Bonchev–Trinajstić information content (AvgIpc) is 2.30. The zero-order valence-electron chi connectivity index (χ0n) is 8.50. The lowest BCUT2D eigenvalue weighted by atomic mass is 10.1. The van der Waals surface area contributed by atoms with Crippen molar-refractivity contribution in [2.75, 3.05) is 6.54 Å². The molecule has 86 valence electrons. The third kappa shape index (κ3) is 3.88. The van der Waals surface area contributed by atoms with Gasteiger partial charge >= 0.3 is 11.8 Å². The van der Waals surface area contributed by atoms with E-state index in [-0.39, 0.29) is 0 Å². The van der Waals surface area contributed by atoms with Gasteiger partial charge in [0.1, 0.15) is 0 Å². The van der Waals surface area contributed by atoms with E-state index in [9.17, 15) is 9.59 Å². The highest BCUT2D eigenvalue weighted by Crippen LogP contribution is 2.09. The second-order valence-corrected chi connectivity index (χ2v) is 3.54. The van der Waals surface area contributed by atoms with Crippen molar-refractivity contribution in [3.8, 4) is 0 Å². The number of carbonyl (C=O) groups is 2. The molecule has 4 N–H and O–H groups in total. The third-order valence-electron chi connectivity index (χ3n) is 1.95. The van der Waals surface area contributed by atoms with E-state index in [4.69, 9.17) is 17.4 Å². The van der Waals surface area contributed by atoms with Gasteiger partial charge in [-0.25, -0.2) is 5.84 Å². The minimum absolute atomic E-state index is 0.369. The summed E-state index contributed by atoms with van der Waals surface area (Å²) in [6, 6.07) is 7.26. The number of nitrogens with two attached hydrogens (primary N) is 1. The van der Waals surface area contributed by atoms with Gasteiger partial charge in [0, 0.05) is 11.6 Å². The van der Waals surface area contributed by atoms with Gasteiger partial charge < -0.3 is 5.32 Å². The highest BCUT2D eigenvalue weighted by molar-refractivity contribution is 6.34. The van der Waals surface area contributed by atoms with Crippen molar-refractivity contribution in [1.29, 1.82) is 0 Å². The molecule has 0 unspecified atom stereocenters. The van der Waals surface area contributed by atoms with E-state index in [1.807, 2.05) is 12.1 Å². The molecule has 0 aromatic heterocycles. The number of amides is 2. The summed E-state index contributed by atoms with van der Waals surface area (Å²) in [5.74, 6) is 3.21. The summed E-state index contributed by atoms with van der Waals surface area (Å²) in [7, 11) is 0. The largest absolute Gasteiger partial charge is 0.347 e. The van der Waals surface area contributed by atoms with Crippen LogP contribution in [0.25, 0.3) is 0 Å².